The van der Waals surface area contributed by atoms with Crippen molar-refractivity contribution in [2.24, 2.45) is 0 Å². The Morgan fingerprint density at radius 2 is 0.645 bits per heavy atom. The molecule has 180 valence electrons. The van der Waals surface area contributed by atoms with Crippen molar-refractivity contribution in [3.63, 3.8) is 0 Å². The molecule has 0 nitrogen and oxygen atoms in total. The van der Waals surface area contributed by atoms with Gasteiger partial charge in [0.1, 0.15) is 0 Å². The van der Waals surface area contributed by atoms with Gasteiger partial charge in [0.05, 0.1) is 0 Å². The maximum Gasteiger partial charge on any atom is 0.0111 e. The normalized spacial score (nSPS) is 26.7. The lowest BCUT2D eigenvalue weighted by atomic mass is 9.99. The van der Waals surface area contributed by atoms with E-state index >= 15 is 0 Å². The molecular formula is C29H54P2. The minimum Gasteiger partial charge on any atom is -0.0895 e. The maximum absolute atomic E-state index is 2.69. The van der Waals surface area contributed by atoms with Crippen molar-refractivity contribution < 1.29 is 0 Å². The highest BCUT2D eigenvalue weighted by molar-refractivity contribution is 7.78. The number of hydrogen-bond donors (Lipinski definition) is 0. The monoisotopic (exact) mass is 464 g/mol. The summed E-state index contributed by atoms with van der Waals surface area (Å²) in [5.74, 6) is 0. The van der Waals surface area contributed by atoms with E-state index in [2.05, 4.69) is 13.8 Å². The SMILES string of the molecule is CCC(CC)(P(C1CCCCC1)C1CCCCC1)P(C1CCCCC1)C1CCCCC1. The quantitative estimate of drug-likeness (QED) is 0.313. The zero-order chi connectivity index (χ0) is 21.5. The second-order valence-electron chi connectivity index (χ2n) is 11.7. The fourth-order valence-electron chi connectivity index (χ4n) is 8.51. The Labute approximate surface area is 198 Å². The first-order chi connectivity index (χ1) is 15.3. The summed E-state index contributed by atoms with van der Waals surface area (Å²) < 4.78 is 0. The summed E-state index contributed by atoms with van der Waals surface area (Å²) >= 11 is 0. The van der Waals surface area contributed by atoms with Crippen LogP contribution in [-0.2, 0) is 0 Å². The van der Waals surface area contributed by atoms with Gasteiger partial charge in [0, 0.05) is 4.90 Å². The molecule has 0 saturated heterocycles. The largest absolute Gasteiger partial charge is 0.0895 e. The Balaban J connectivity index is 1.72. The molecule has 0 atom stereocenters. The first kappa shape index (κ1) is 25.0. The first-order valence-corrected chi connectivity index (χ1v) is 17.8. The highest BCUT2D eigenvalue weighted by atomic mass is 31.2. The molecule has 0 bridgehead atoms. The van der Waals surface area contributed by atoms with Crippen molar-refractivity contribution in [1.82, 2.24) is 0 Å². The fraction of sp³-hybridized carbons (Fsp3) is 1.00. The minimum atomic E-state index is 0.195. The van der Waals surface area contributed by atoms with E-state index in [1.807, 2.05) is 0 Å². The summed E-state index contributed by atoms with van der Waals surface area (Å²) in [5.41, 5.74) is 4.57. The average Bonchev–Trinajstić information content (AvgIpc) is 2.86. The predicted molar refractivity (Wildman–Crippen MR) is 145 cm³/mol. The van der Waals surface area contributed by atoms with E-state index in [1.165, 1.54) is 25.7 Å². The van der Waals surface area contributed by atoms with Gasteiger partial charge in [-0.25, -0.2) is 0 Å². The van der Waals surface area contributed by atoms with E-state index < -0.39 is 0 Å². The summed E-state index contributed by atoms with van der Waals surface area (Å²) in [7, 11) is 0.390. The lowest BCUT2D eigenvalue weighted by Crippen LogP contribution is -2.40. The molecule has 0 spiro atoms. The zero-order valence-corrected chi connectivity index (χ0v) is 23.0. The minimum absolute atomic E-state index is 0.195. The zero-order valence-electron chi connectivity index (χ0n) is 21.3. The summed E-state index contributed by atoms with van der Waals surface area (Å²) in [4.78, 5) is 0.776. The van der Waals surface area contributed by atoms with Crippen LogP contribution in [0.1, 0.15) is 155 Å². The molecule has 0 heterocycles. The van der Waals surface area contributed by atoms with E-state index in [0.29, 0.717) is 0 Å². The molecule has 4 saturated carbocycles. The standard InChI is InChI=1S/C29H54P2/c1-3-29(4-2,30(25-17-9-5-10-18-25)26-19-11-6-12-20-26)31(27-21-13-7-14-22-27)28-23-15-8-16-24-28/h25-28H,3-24H2,1-2H3. The van der Waals surface area contributed by atoms with Crippen LogP contribution in [0.5, 0.6) is 0 Å². The van der Waals surface area contributed by atoms with Gasteiger partial charge in [0.15, 0.2) is 0 Å². The highest BCUT2D eigenvalue weighted by Gasteiger charge is 2.52. The van der Waals surface area contributed by atoms with Gasteiger partial charge >= 0.3 is 0 Å². The van der Waals surface area contributed by atoms with E-state index in [4.69, 9.17) is 0 Å². The molecule has 31 heavy (non-hydrogen) atoms. The first-order valence-electron chi connectivity index (χ1n) is 14.9. The Hall–Kier alpha value is 0.860. The molecule has 0 aromatic heterocycles. The average molecular weight is 465 g/mol. The van der Waals surface area contributed by atoms with Gasteiger partial charge < -0.3 is 0 Å². The van der Waals surface area contributed by atoms with E-state index in [1.54, 1.807) is 116 Å². The van der Waals surface area contributed by atoms with Gasteiger partial charge in [-0.1, -0.05) is 107 Å². The van der Waals surface area contributed by atoms with E-state index in [0.717, 1.165) is 27.5 Å². The summed E-state index contributed by atoms with van der Waals surface area (Å²) in [6, 6.07) is 0. The van der Waals surface area contributed by atoms with Crippen LogP contribution in [0.3, 0.4) is 0 Å². The molecule has 0 aliphatic heterocycles. The summed E-state index contributed by atoms with van der Waals surface area (Å²) in [5, 5.41) is 0. The molecular weight excluding hydrogens is 410 g/mol. The summed E-state index contributed by atoms with van der Waals surface area (Å²) in [6.45, 7) is 5.37. The van der Waals surface area contributed by atoms with Crippen molar-refractivity contribution in [2.75, 3.05) is 0 Å². The molecule has 4 aliphatic rings. The van der Waals surface area contributed by atoms with Crippen molar-refractivity contribution in [2.45, 2.75) is 183 Å². The Bertz CT molecular complexity index is 411. The molecule has 4 aliphatic carbocycles. The number of rotatable bonds is 8. The second-order valence-corrected chi connectivity index (χ2v) is 18.3. The van der Waals surface area contributed by atoms with Gasteiger partial charge in [-0.3, -0.25) is 0 Å². The molecule has 0 aromatic carbocycles. The molecule has 0 radical (unpaired) electrons. The molecule has 0 unspecified atom stereocenters. The highest BCUT2D eigenvalue weighted by Crippen LogP contribution is 2.80. The third-order valence-corrected chi connectivity index (χ3v) is 19.8. The maximum atomic E-state index is 2.69. The number of hydrogen-bond acceptors (Lipinski definition) is 0. The van der Waals surface area contributed by atoms with Crippen molar-refractivity contribution in [1.29, 1.82) is 0 Å². The van der Waals surface area contributed by atoms with Crippen LogP contribution in [0.25, 0.3) is 0 Å². The fourth-order valence-corrected chi connectivity index (χ4v) is 20.6. The van der Waals surface area contributed by atoms with Crippen molar-refractivity contribution >= 4 is 15.8 Å². The third kappa shape index (κ3) is 5.75. The van der Waals surface area contributed by atoms with Crippen LogP contribution in [0.4, 0.5) is 0 Å². The molecule has 4 fully saturated rings. The summed E-state index contributed by atoms with van der Waals surface area (Å²) in [6.07, 6.45) is 34.6. The topological polar surface area (TPSA) is 0 Å². The van der Waals surface area contributed by atoms with Crippen molar-refractivity contribution in [3.05, 3.63) is 0 Å². The predicted octanol–water partition coefficient (Wildman–Crippen LogP) is 10.8. The molecule has 0 N–H and O–H groups in total. The van der Waals surface area contributed by atoms with Crippen molar-refractivity contribution in [3.8, 4) is 0 Å². The molecule has 2 heteroatoms. The van der Waals surface area contributed by atoms with Crippen LogP contribution in [0, 0.1) is 0 Å². The van der Waals surface area contributed by atoms with Crippen LogP contribution in [0.2, 0.25) is 0 Å². The smallest absolute Gasteiger partial charge is 0.0111 e. The molecule has 4 rings (SSSR count). The van der Waals surface area contributed by atoms with Crippen LogP contribution >= 0.6 is 15.8 Å². The van der Waals surface area contributed by atoms with Gasteiger partial charge in [-0.05, 0) is 86.8 Å². The molecule has 0 amide bonds. The van der Waals surface area contributed by atoms with Crippen LogP contribution in [0.15, 0.2) is 0 Å². The van der Waals surface area contributed by atoms with Gasteiger partial charge in [0.2, 0.25) is 0 Å². The van der Waals surface area contributed by atoms with Gasteiger partial charge in [-0.2, -0.15) is 0 Å². The van der Waals surface area contributed by atoms with Crippen LogP contribution in [-0.4, -0.2) is 27.5 Å². The van der Waals surface area contributed by atoms with Crippen LogP contribution < -0.4 is 0 Å². The Kier molecular flexibility index (Phi) is 10.1. The van der Waals surface area contributed by atoms with Gasteiger partial charge in [-0.15, -0.1) is 0 Å². The Morgan fingerprint density at radius 1 is 0.419 bits per heavy atom. The second kappa shape index (κ2) is 12.5. The van der Waals surface area contributed by atoms with Gasteiger partial charge in [0.25, 0.3) is 0 Å². The van der Waals surface area contributed by atoms with E-state index in [9.17, 15) is 0 Å². The molecule has 0 aromatic rings. The lowest BCUT2D eigenvalue weighted by Gasteiger charge is -2.58. The van der Waals surface area contributed by atoms with E-state index in [-0.39, 0.29) is 15.8 Å². The third-order valence-electron chi connectivity index (χ3n) is 9.97. The lowest BCUT2D eigenvalue weighted by molar-refractivity contribution is 0.462. The Morgan fingerprint density at radius 3 is 0.839 bits per heavy atom.